The molecule has 0 fully saturated rings. The molecule has 0 aliphatic rings. The SMILES string of the molecule is CC(=O)c1cccc(Nc2cc(C(=O)Nc3ccc(C)cc3C)nc(C)n2)c1. The number of hydrogen-bond donors (Lipinski definition) is 2. The lowest BCUT2D eigenvalue weighted by atomic mass is 10.1. The largest absolute Gasteiger partial charge is 0.340 e. The highest BCUT2D eigenvalue weighted by atomic mass is 16.2. The van der Waals surface area contributed by atoms with Crippen molar-refractivity contribution in [2.24, 2.45) is 0 Å². The number of carbonyl (C=O) groups is 2. The Hall–Kier alpha value is -3.54. The zero-order chi connectivity index (χ0) is 20.3. The maximum absolute atomic E-state index is 12.7. The van der Waals surface area contributed by atoms with Crippen molar-refractivity contribution in [1.82, 2.24) is 9.97 Å². The van der Waals surface area contributed by atoms with Gasteiger partial charge in [0.1, 0.15) is 17.3 Å². The number of aromatic nitrogens is 2. The predicted octanol–water partition coefficient (Wildman–Crippen LogP) is 4.60. The number of nitrogens with zero attached hydrogens (tertiary/aromatic N) is 2. The van der Waals surface area contributed by atoms with Gasteiger partial charge < -0.3 is 10.6 Å². The molecule has 6 heteroatoms. The topological polar surface area (TPSA) is 84.0 Å². The second kappa shape index (κ2) is 8.00. The fraction of sp³-hybridized carbons (Fsp3) is 0.182. The van der Waals surface area contributed by atoms with Gasteiger partial charge in [-0.15, -0.1) is 0 Å². The van der Waals surface area contributed by atoms with E-state index in [1.807, 2.05) is 38.1 Å². The summed E-state index contributed by atoms with van der Waals surface area (Å²) in [5, 5.41) is 6.03. The van der Waals surface area contributed by atoms with E-state index in [0.717, 1.165) is 16.8 Å². The van der Waals surface area contributed by atoms with Crippen molar-refractivity contribution in [1.29, 1.82) is 0 Å². The highest BCUT2D eigenvalue weighted by Gasteiger charge is 2.12. The molecule has 1 heterocycles. The number of anilines is 3. The van der Waals surface area contributed by atoms with Gasteiger partial charge in [0.05, 0.1) is 0 Å². The Kier molecular flexibility index (Phi) is 5.49. The minimum Gasteiger partial charge on any atom is -0.340 e. The highest BCUT2D eigenvalue weighted by molar-refractivity contribution is 6.03. The molecule has 0 saturated heterocycles. The highest BCUT2D eigenvalue weighted by Crippen LogP contribution is 2.20. The molecule has 1 aromatic heterocycles. The summed E-state index contributed by atoms with van der Waals surface area (Å²) in [4.78, 5) is 32.8. The van der Waals surface area contributed by atoms with Crippen LogP contribution < -0.4 is 10.6 Å². The average molecular weight is 374 g/mol. The molecule has 2 N–H and O–H groups in total. The summed E-state index contributed by atoms with van der Waals surface area (Å²) in [7, 11) is 0. The van der Waals surface area contributed by atoms with Crippen molar-refractivity contribution in [2.75, 3.05) is 10.6 Å². The second-order valence-electron chi connectivity index (χ2n) is 6.72. The first kappa shape index (κ1) is 19.2. The summed E-state index contributed by atoms with van der Waals surface area (Å²) in [6.45, 7) is 7.20. The molecule has 0 spiro atoms. The van der Waals surface area contributed by atoms with Gasteiger partial charge in [-0.05, 0) is 51.5 Å². The van der Waals surface area contributed by atoms with Gasteiger partial charge in [0.25, 0.3) is 5.91 Å². The van der Waals surface area contributed by atoms with Crippen LogP contribution in [0.25, 0.3) is 0 Å². The van der Waals surface area contributed by atoms with Gasteiger partial charge in [-0.2, -0.15) is 0 Å². The Morgan fingerprint density at radius 3 is 2.43 bits per heavy atom. The van der Waals surface area contributed by atoms with Crippen molar-refractivity contribution in [2.45, 2.75) is 27.7 Å². The van der Waals surface area contributed by atoms with Gasteiger partial charge in [-0.25, -0.2) is 9.97 Å². The zero-order valence-electron chi connectivity index (χ0n) is 16.3. The molecule has 0 bridgehead atoms. The summed E-state index contributed by atoms with van der Waals surface area (Å²) in [6.07, 6.45) is 0. The first-order chi connectivity index (χ1) is 13.3. The zero-order valence-corrected chi connectivity index (χ0v) is 16.3. The number of rotatable bonds is 5. The lowest BCUT2D eigenvalue weighted by Crippen LogP contribution is -2.16. The minimum absolute atomic E-state index is 0.0175. The number of ketones is 1. The van der Waals surface area contributed by atoms with Crippen LogP contribution in [0.5, 0.6) is 0 Å². The Bertz CT molecular complexity index is 1060. The number of hydrogen-bond acceptors (Lipinski definition) is 5. The first-order valence-corrected chi connectivity index (χ1v) is 8.94. The third-order valence-electron chi connectivity index (χ3n) is 4.24. The van der Waals surface area contributed by atoms with E-state index in [0.29, 0.717) is 22.9 Å². The molecule has 3 aromatic rings. The molecule has 0 aliphatic carbocycles. The molecule has 28 heavy (non-hydrogen) atoms. The van der Waals surface area contributed by atoms with Crippen LogP contribution in [0.3, 0.4) is 0 Å². The number of carbonyl (C=O) groups excluding carboxylic acids is 2. The molecule has 142 valence electrons. The van der Waals surface area contributed by atoms with Crippen LogP contribution >= 0.6 is 0 Å². The van der Waals surface area contributed by atoms with Gasteiger partial charge in [0.2, 0.25) is 0 Å². The Morgan fingerprint density at radius 2 is 1.71 bits per heavy atom. The van der Waals surface area contributed by atoms with E-state index in [1.54, 1.807) is 31.2 Å². The maximum atomic E-state index is 12.7. The number of benzene rings is 2. The van der Waals surface area contributed by atoms with Crippen LogP contribution in [-0.2, 0) is 0 Å². The summed E-state index contributed by atoms with van der Waals surface area (Å²) in [5.74, 6) is 0.631. The van der Waals surface area contributed by atoms with Crippen molar-refractivity contribution >= 4 is 28.9 Å². The normalized spacial score (nSPS) is 10.4. The number of nitrogens with one attached hydrogen (secondary N) is 2. The lowest BCUT2D eigenvalue weighted by molar-refractivity contribution is 0.101. The van der Waals surface area contributed by atoms with Gasteiger partial charge in [0.15, 0.2) is 5.78 Å². The molecule has 6 nitrogen and oxygen atoms in total. The molecule has 0 atom stereocenters. The van der Waals surface area contributed by atoms with Crippen LogP contribution in [0.2, 0.25) is 0 Å². The fourth-order valence-electron chi connectivity index (χ4n) is 2.85. The van der Waals surface area contributed by atoms with E-state index in [-0.39, 0.29) is 17.4 Å². The van der Waals surface area contributed by atoms with Crippen LogP contribution in [0, 0.1) is 20.8 Å². The smallest absolute Gasteiger partial charge is 0.274 e. The van der Waals surface area contributed by atoms with Crippen molar-refractivity contribution in [3.63, 3.8) is 0 Å². The minimum atomic E-state index is -0.307. The van der Waals surface area contributed by atoms with E-state index >= 15 is 0 Å². The number of Topliss-reactive ketones (excluding diaryl/α,β-unsaturated/α-hetero) is 1. The molecular formula is C22H22N4O2. The van der Waals surface area contributed by atoms with Crippen molar-refractivity contribution in [3.8, 4) is 0 Å². The standard InChI is InChI=1S/C22H22N4O2/c1-13-8-9-19(14(2)10-13)26-22(28)20-12-21(24-16(4)23-20)25-18-7-5-6-17(11-18)15(3)27/h5-12H,1-4H3,(H,26,28)(H,23,24,25). The molecule has 1 amide bonds. The van der Waals surface area contributed by atoms with E-state index in [1.165, 1.54) is 6.92 Å². The van der Waals surface area contributed by atoms with Crippen LogP contribution in [0.15, 0.2) is 48.5 Å². The van der Waals surface area contributed by atoms with Crippen LogP contribution in [0.4, 0.5) is 17.2 Å². The van der Waals surface area contributed by atoms with Gasteiger partial charge >= 0.3 is 0 Å². The fourth-order valence-corrected chi connectivity index (χ4v) is 2.85. The van der Waals surface area contributed by atoms with Gasteiger partial charge in [-0.3, -0.25) is 9.59 Å². The third-order valence-corrected chi connectivity index (χ3v) is 4.24. The lowest BCUT2D eigenvalue weighted by Gasteiger charge is -2.11. The van der Waals surface area contributed by atoms with Gasteiger partial charge in [-0.1, -0.05) is 29.8 Å². The summed E-state index contributed by atoms with van der Waals surface area (Å²) >= 11 is 0. The number of aryl methyl sites for hydroxylation is 3. The van der Waals surface area contributed by atoms with Crippen LogP contribution in [-0.4, -0.2) is 21.7 Å². The maximum Gasteiger partial charge on any atom is 0.274 e. The third kappa shape index (κ3) is 4.59. The second-order valence-corrected chi connectivity index (χ2v) is 6.72. The molecule has 0 unspecified atom stereocenters. The predicted molar refractivity (Wildman–Crippen MR) is 110 cm³/mol. The molecule has 3 rings (SSSR count). The molecule has 2 aromatic carbocycles. The summed E-state index contributed by atoms with van der Waals surface area (Å²) in [5.41, 5.74) is 4.44. The first-order valence-electron chi connectivity index (χ1n) is 8.94. The van der Waals surface area contributed by atoms with Gasteiger partial charge in [0, 0.05) is 23.0 Å². The molecule has 0 radical (unpaired) electrons. The Morgan fingerprint density at radius 1 is 0.929 bits per heavy atom. The quantitative estimate of drug-likeness (QED) is 0.638. The van der Waals surface area contributed by atoms with E-state index in [2.05, 4.69) is 20.6 Å². The molecule has 0 saturated carbocycles. The molecular weight excluding hydrogens is 352 g/mol. The van der Waals surface area contributed by atoms with Crippen molar-refractivity contribution in [3.05, 3.63) is 76.7 Å². The Balaban J connectivity index is 1.83. The van der Waals surface area contributed by atoms with E-state index < -0.39 is 0 Å². The average Bonchev–Trinajstić information content (AvgIpc) is 2.63. The Labute approximate surface area is 164 Å². The van der Waals surface area contributed by atoms with E-state index in [4.69, 9.17) is 0 Å². The van der Waals surface area contributed by atoms with Crippen molar-refractivity contribution < 1.29 is 9.59 Å². The number of amides is 1. The monoisotopic (exact) mass is 374 g/mol. The molecule has 0 aliphatic heterocycles. The summed E-state index contributed by atoms with van der Waals surface area (Å²) < 4.78 is 0. The van der Waals surface area contributed by atoms with E-state index in [9.17, 15) is 9.59 Å². The van der Waals surface area contributed by atoms with Crippen LogP contribution in [0.1, 0.15) is 44.7 Å². The summed E-state index contributed by atoms with van der Waals surface area (Å²) in [6, 6.07) is 14.5.